The van der Waals surface area contributed by atoms with E-state index in [9.17, 15) is 4.79 Å². The van der Waals surface area contributed by atoms with E-state index in [1.165, 1.54) is 19.3 Å². The van der Waals surface area contributed by atoms with Crippen LogP contribution in [0.25, 0.3) is 0 Å². The van der Waals surface area contributed by atoms with Crippen molar-refractivity contribution in [2.24, 2.45) is 0 Å². The summed E-state index contributed by atoms with van der Waals surface area (Å²) in [6, 6.07) is 0.199. The Morgan fingerprint density at radius 3 is 2.33 bits per heavy atom. The summed E-state index contributed by atoms with van der Waals surface area (Å²) in [6.07, 6.45) is 4.84. The molecule has 0 N–H and O–H groups in total. The predicted molar refractivity (Wildman–Crippen MR) is 50.2 cm³/mol. The summed E-state index contributed by atoms with van der Waals surface area (Å²) >= 11 is 0. The molecule has 1 saturated heterocycles. The van der Waals surface area contributed by atoms with Gasteiger partial charge in [0.2, 0.25) is 0 Å². The van der Waals surface area contributed by atoms with Gasteiger partial charge in [-0.15, -0.1) is 0 Å². The van der Waals surface area contributed by atoms with Gasteiger partial charge in [-0.05, 0) is 39.3 Å². The third-order valence-corrected chi connectivity index (χ3v) is 2.69. The second kappa shape index (κ2) is 4.61. The van der Waals surface area contributed by atoms with Crippen LogP contribution in [0.5, 0.6) is 0 Å². The first-order valence-electron chi connectivity index (χ1n) is 5.00. The summed E-state index contributed by atoms with van der Waals surface area (Å²) in [5.74, 6) is 0.333. The first-order chi connectivity index (χ1) is 5.75. The number of ketones is 1. The Labute approximate surface area is 74.9 Å². The summed E-state index contributed by atoms with van der Waals surface area (Å²) in [5, 5.41) is 0. The molecule has 0 aromatic heterocycles. The van der Waals surface area contributed by atoms with Gasteiger partial charge in [0.25, 0.3) is 0 Å². The zero-order valence-corrected chi connectivity index (χ0v) is 8.18. The lowest BCUT2D eigenvalue weighted by Gasteiger charge is -2.32. The van der Waals surface area contributed by atoms with Crippen LogP contribution >= 0.6 is 0 Å². The maximum Gasteiger partial charge on any atom is 0.146 e. The molecule has 2 nitrogen and oxygen atoms in total. The number of carbonyl (C=O) groups is 1. The lowest BCUT2D eigenvalue weighted by Crippen LogP contribution is -2.42. The first-order valence-corrected chi connectivity index (χ1v) is 5.00. The molecule has 1 heterocycles. The van der Waals surface area contributed by atoms with Crippen molar-refractivity contribution in [3.8, 4) is 0 Å². The van der Waals surface area contributed by atoms with Crippen LogP contribution in [-0.4, -0.2) is 29.8 Å². The highest BCUT2D eigenvalue weighted by Crippen LogP contribution is 2.14. The molecule has 0 amide bonds. The molecule has 0 bridgehead atoms. The monoisotopic (exact) mass is 169 g/mol. The van der Waals surface area contributed by atoms with Crippen LogP contribution in [0.15, 0.2) is 0 Å². The van der Waals surface area contributed by atoms with Crippen LogP contribution in [-0.2, 0) is 4.79 Å². The highest BCUT2D eigenvalue weighted by atomic mass is 16.1. The van der Waals surface area contributed by atoms with Gasteiger partial charge in [0.05, 0.1) is 6.04 Å². The number of rotatable bonds is 3. The molecule has 1 atom stereocenters. The van der Waals surface area contributed by atoms with Gasteiger partial charge < -0.3 is 0 Å². The van der Waals surface area contributed by atoms with Crippen LogP contribution < -0.4 is 0 Å². The maximum atomic E-state index is 11.2. The Morgan fingerprint density at radius 1 is 1.33 bits per heavy atom. The van der Waals surface area contributed by atoms with E-state index in [-0.39, 0.29) is 6.04 Å². The average Bonchev–Trinajstić information content (AvgIpc) is 2.07. The van der Waals surface area contributed by atoms with E-state index in [1.54, 1.807) is 6.92 Å². The first kappa shape index (κ1) is 9.72. The molecule has 1 fully saturated rings. The van der Waals surface area contributed by atoms with Crippen LogP contribution in [0.2, 0.25) is 0 Å². The molecule has 1 aliphatic rings. The van der Waals surface area contributed by atoms with Crippen LogP contribution in [0.1, 0.15) is 39.5 Å². The summed E-state index contributed by atoms with van der Waals surface area (Å²) in [6.45, 7) is 6.06. The quantitative estimate of drug-likeness (QED) is 0.642. The fraction of sp³-hybridized carbons (Fsp3) is 0.900. The Balaban J connectivity index is 2.46. The molecule has 12 heavy (non-hydrogen) atoms. The Hall–Kier alpha value is -0.370. The van der Waals surface area contributed by atoms with Gasteiger partial charge in [-0.3, -0.25) is 9.69 Å². The highest BCUT2D eigenvalue weighted by Gasteiger charge is 2.21. The van der Waals surface area contributed by atoms with Gasteiger partial charge in [0.1, 0.15) is 5.78 Å². The fourth-order valence-electron chi connectivity index (χ4n) is 2.03. The minimum absolute atomic E-state index is 0.199. The standard InChI is InChI=1S/C10H19NO/c1-3-10(9(2)12)11-7-5-4-6-8-11/h10H,3-8H2,1-2H3. The van der Waals surface area contributed by atoms with E-state index in [0.717, 1.165) is 19.5 Å². The Morgan fingerprint density at radius 2 is 1.92 bits per heavy atom. The molecule has 1 rings (SSSR count). The number of piperidine rings is 1. The van der Waals surface area contributed by atoms with Crippen LogP contribution in [0.3, 0.4) is 0 Å². The SMILES string of the molecule is CCC(C(C)=O)N1CCCCC1. The molecule has 0 saturated carbocycles. The van der Waals surface area contributed by atoms with E-state index in [4.69, 9.17) is 0 Å². The molecular weight excluding hydrogens is 150 g/mol. The minimum atomic E-state index is 0.199. The van der Waals surface area contributed by atoms with Crippen molar-refractivity contribution in [3.63, 3.8) is 0 Å². The maximum absolute atomic E-state index is 11.2. The fourth-order valence-corrected chi connectivity index (χ4v) is 2.03. The number of carbonyl (C=O) groups excluding carboxylic acids is 1. The number of likely N-dealkylation sites (tertiary alicyclic amines) is 1. The third kappa shape index (κ3) is 2.31. The van der Waals surface area contributed by atoms with Crippen molar-refractivity contribution in [3.05, 3.63) is 0 Å². The molecule has 0 aromatic carbocycles. The molecule has 1 unspecified atom stereocenters. The number of Topliss-reactive ketones (excluding diaryl/α,β-unsaturated/α-hetero) is 1. The number of hydrogen-bond donors (Lipinski definition) is 0. The summed E-state index contributed by atoms with van der Waals surface area (Å²) < 4.78 is 0. The normalized spacial score (nSPS) is 22.2. The lowest BCUT2D eigenvalue weighted by atomic mass is 10.0. The molecule has 1 aliphatic heterocycles. The minimum Gasteiger partial charge on any atom is -0.298 e. The molecule has 0 radical (unpaired) electrons. The zero-order valence-electron chi connectivity index (χ0n) is 8.18. The number of hydrogen-bond acceptors (Lipinski definition) is 2. The molecule has 0 aliphatic carbocycles. The van der Waals surface area contributed by atoms with E-state index in [2.05, 4.69) is 11.8 Å². The second-order valence-corrected chi connectivity index (χ2v) is 3.63. The van der Waals surface area contributed by atoms with E-state index in [0.29, 0.717) is 5.78 Å². The lowest BCUT2D eigenvalue weighted by molar-refractivity contribution is -0.122. The van der Waals surface area contributed by atoms with E-state index in [1.807, 2.05) is 0 Å². The number of nitrogens with zero attached hydrogens (tertiary/aromatic N) is 1. The molecule has 2 heteroatoms. The Bertz CT molecular complexity index is 150. The molecule has 0 spiro atoms. The highest BCUT2D eigenvalue weighted by molar-refractivity contribution is 5.81. The largest absolute Gasteiger partial charge is 0.298 e. The van der Waals surface area contributed by atoms with Crippen molar-refractivity contribution >= 4 is 5.78 Å². The van der Waals surface area contributed by atoms with Gasteiger partial charge >= 0.3 is 0 Å². The summed E-state index contributed by atoms with van der Waals surface area (Å²) in [4.78, 5) is 13.6. The Kier molecular flexibility index (Phi) is 3.73. The topological polar surface area (TPSA) is 20.3 Å². The van der Waals surface area contributed by atoms with E-state index < -0.39 is 0 Å². The molecule has 0 aromatic rings. The van der Waals surface area contributed by atoms with E-state index >= 15 is 0 Å². The van der Waals surface area contributed by atoms with Crippen molar-refractivity contribution < 1.29 is 4.79 Å². The van der Waals surface area contributed by atoms with Gasteiger partial charge in [-0.2, -0.15) is 0 Å². The summed E-state index contributed by atoms with van der Waals surface area (Å²) in [7, 11) is 0. The van der Waals surface area contributed by atoms with Crippen molar-refractivity contribution in [1.29, 1.82) is 0 Å². The van der Waals surface area contributed by atoms with Crippen molar-refractivity contribution in [1.82, 2.24) is 4.90 Å². The average molecular weight is 169 g/mol. The predicted octanol–water partition coefficient (Wildman–Crippen LogP) is 1.84. The van der Waals surface area contributed by atoms with Crippen LogP contribution in [0.4, 0.5) is 0 Å². The smallest absolute Gasteiger partial charge is 0.146 e. The summed E-state index contributed by atoms with van der Waals surface area (Å²) in [5.41, 5.74) is 0. The zero-order chi connectivity index (χ0) is 8.97. The van der Waals surface area contributed by atoms with Crippen LogP contribution in [0, 0.1) is 0 Å². The van der Waals surface area contributed by atoms with Gasteiger partial charge in [0.15, 0.2) is 0 Å². The van der Waals surface area contributed by atoms with Gasteiger partial charge in [0, 0.05) is 0 Å². The second-order valence-electron chi connectivity index (χ2n) is 3.63. The molecule has 70 valence electrons. The van der Waals surface area contributed by atoms with Crippen molar-refractivity contribution in [2.75, 3.05) is 13.1 Å². The van der Waals surface area contributed by atoms with Gasteiger partial charge in [-0.1, -0.05) is 13.3 Å². The van der Waals surface area contributed by atoms with Crippen molar-refractivity contribution in [2.45, 2.75) is 45.6 Å². The third-order valence-electron chi connectivity index (χ3n) is 2.69. The molecular formula is C10H19NO. The van der Waals surface area contributed by atoms with Gasteiger partial charge in [-0.25, -0.2) is 0 Å².